The van der Waals surface area contributed by atoms with Crippen LogP contribution >= 0.6 is 11.6 Å². The number of hydrogen-bond donors (Lipinski definition) is 1. The number of imidazole rings is 1. The van der Waals surface area contributed by atoms with Gasteiger partial charge in [0.2, 0.25) is 0 Å². The first-order chi connectivity index (χ1) is 10.2. The summed E-state index contributed by atoms with van der Waals surface area (Å²) in [4.78, 5) is 15.7. The smallest absolute Gasteiger partial charge is 0.353 e. The van der Waals surface area contributed by atoms with Gasteiger partial charge in [0.1, 0.15) is 11.3 Å². The number of hydrogen-bond acceptors (Lipinski definition) is 2. The van der Waals surface area contributed by atoms with E-state index in [1.807, 2.05) is 36.4 Å². The van der Waals surface area contributed by atoms with Crippen molar-refractivity contribution in [3.63, 3.8) is 0 Å². The second-order valence-corrected chi connectivity index (χ2v) is 5.17. The molecule has 2 heterocycles. The minimum Gasteiger partial charge on any atom is -0.477 e. The molecule has 4 nitrogen and oxygen atoms in total. The quantitative estimate of drug-likeness (QED) is 0.802. The summed E-state index contributed by atoms with van der Waals surface area (Å²) in [5.41, 5.74) is 2.68. The zero-order valence-electron chi connectivity index (χ0n) is 11.2. The van der Waals surface area contributed by atoms with Crippen molar-refractivity contribution in [3.8, 4) is 0 Å². The van der Waals surface area contributed by atoms with E-state index in [9.17, 15) is 9.90 Å². The summed E-state index contributed by atoms with van der Waals surface area (Å²) in [5.74, 6) is -0.951. The third-order valence-corrected chi connectivity index (χ3v) is 3.84. The summed E-state index contributed by atoms with van der Waals surface area (Å²) >= 11 is 6.14. The number of carbonyl (C=O) groups is 1. The van der Waals surface area contributed by atoms with Gasteiger partial charge in [-0.2, -0.15) is 0 Å². The van der Waals surface area contributed by atoms with Crippen LogP contribution in [0, 0.1) is 0 Å². The van der Waals surface area contributed by atoms with Crippen molar-refractivity contribution < 1.29 is 9.90 Å². The fourth-order valence-electron chi connectivity index (χ4n) is 2.45. The molecular formula is C16H13ClN2O2. The van der Waals surface area contributed by atoms with Crippen molar-refractivity contribution in [1.82, 2.24) is 9.38 Å². The Morgan fingerprint density at radius 1 is 1.14 bits per heavy atom. The Bertz CT molecular complexity index is 811. The average molecular weight is 301 g/mol. The summed E-state index contributed by atoms with van der Waals surface area (Å²) in [7, 11) is 0. The van der Waals surface area contributed by atoms with Crippen LogP contribution in [0.15, 0.2) is 48.8 Å². The summed E-state index contributed by atoms with van der Waals surface area (Å²) in [6.45, 7) is 0. The minimum absolute atomic E-state index is 0.261. The van der Waals surface area contributed by atoms with Gasteiger partial charge in [-0.05, 0) is 36.1 Å². The molecule has 2 aromatic heterocycles. The molecule has 5 heteroatoms. The van der Waals surface area contributed by atoms with Crippen molar-refractivity contribution in [3.05, 3.63) is 70.6 Å². The minimum atomic E-state index is -0.951. The number of benzene rings is 1. The van der Waals surface area contributed by atoms with Crippen LogP contribution in [0.1, 0.15) is 21.6 Å². The van der Waals surface area contributed by atoms with E-state index in [1.165, 1.54) is 0 Å². The molecule has 0 unspecified atom stereocenters. The Labute approximate surface area is 126 Å². The van der Waals surface area contributed by atoms with Crippen LogP contribution in [0.5, 0.6) is 0 Å². The van der Waals surface area contributed by atoms with Gasteiger partial charge in [-0.1, -0.05) is 35.9 Å². The summed E-state index contributed by atoms with van der Waals surface area (Å²) in [6.07, 6.45) is 4.57. The highest BCUT2D eigenvalue weighted by molar-refractivity contribution is 6.31. The Balaban J connectivity index is 1.95. The Hall–Kier alpha value is -2.33. The Morgan fingerprint density at radius 3 is 2.67 bits per heavy atom. The van der Waals surface area contributed by atoms with Gasteiger partial charge in [0.05, 0.1) is 0 Å². The van der Waals surface area contributed by atoms with Crippen LogP contribution in [-0.4, -0.2) is 20.5 Å². The molecule has 0 saturated carbocycles. The lowest BCUT2D eigenvalue weighted by atomic mass is 10.0. The third kappa shape index (κ3) is 2.62. The lowest BCUT2D eigenvalue weighted by Gasteiger charge is -2.09. The number of carboxylic acids is 1. The summed E-state index contributed by atoms with van der Waals surface area (Å²) in [5, 5.41) is 10.2. The first-order valence-corrected chi connectivity index (χ1v) is 6.96. The van der Waals surface area contributed by atoms with Crippen LogP contribution in [0.25, 0.3) is 5.65 Å². The van der Waals surface area contributed by atoms with Gasteiger partial charge in [0.25, 0.3) is 0 Å². The van der Waals surface area contributed by atoms with Crippen LogP contribution in [0.3, 0.4) is 0 Å². The lowest BCUT2D eigenvalue weighted by molar-refractivity contribution is 0.0687. The molecule has 0 atom stereocenters. The van der Waals surface area contributed by atoms with Gasteiger partial charge in [-0.15, -0.1) is 0 Å². The second-order valence-electron chi connectivity index (χ2n) is 4.76. The van der Waals surface area contributed by atoms with Gasteiger partial charge in [-0.3, -0.25) is 4.40 Å². The number of carboxylic acid groups (broad SMARTS) is 1. The number of pyridine rings is 1. The van der Waals surface area contributed by atoms with Crippen LogP contribution in [-0.2, 0) is 12.8 Å². The van der Waals surface area contributed by atoms with Crippen LogP contribution in [0.2, 0.25) is 5.02 Å². The van der Waals surface area contributed by atoms with E-state index >= 15 is 0 Å². The molecule has 3 aromatic rings. The van der Waals surface area contributed by atoms with Gasteiger partial charge < -0.3 is 5.11 Å². The molecule has 0 fully saturated rings. The fraction of sp³-hybridized carbons (Fsp3) is 0.125. The topological polar surface area (TPSA) is 54.6 Å². The number of fused-ring (bicyclic) bond motifs is 1. The number of aromatic carboxylic acids is 1. The molecule has 0 bridgehead atoms. The predicted octanol–water partition coefficient (Wildman–Crippen LogP) is 3.47. The summed E-state index contributed by atoms with van der Waals surface area (Å²) in [6, 6.07) is 11.3. The third-order valence-electron chi connectivity index (χ3n) is 3.47. The molecular weight excluding hydrogens is 288 g/mol. The number of rotatable bonds is 4. The molecule has 0 aliphatic rings. The number of aryl methyl sites for hydroxylation is 2. The van der Waals surface area contributed by atoms with Gasteiger partial charge >= 0.3 is 5.97 Å². The monoisotopic (exact) mass is 300 g/mol. The number of halogens is 1. The van der Waals surface area contributed by atoms with E-state index in [0.717, 1.165) is 11.1 Å². The normalized spacial score (nSPS) is 10.9. The molecule has 0 saturated heterocycles. The molecule has 0 aliphatic heterocycles. The molecule has 1 aromatic carbocycles. The molecule has 3 rings (SSSR count). The highest BCUT2D eigenvalue weighted by atomic mass is 35.5. The SMILES string of the molecule is O=C(O)c1c(CCc2ccccc2Cl)ccc2nccn12. The molecule has 0 radical (unpaired) electrons. The van der Waals surface area contributed by atoms with E-state index in [2.05, 4.69) is 4.98 Å². The molecule has 21 heavy (non-hydrogen) atoms. The van der Waals surface area contributed by atoms with Gasteiger partial charge in [0, 0.05) is 17.4 Å². The van der Waals surface area contributed by atoms with Crippen molar-refractivity contribution in [2.45, 2.75) is 12.8 Å². The summed E-state index contributed by atoms with van der Waals surface area (Å²) < 4.78 is 1.60. The molecule has 106 valence electrons. The standard InChI is InChI=1S/C16H13ClN2O2/c17-13-4-2-1-3-11(13)5-6-12-7-8-14-18-9-10-19(14)15(12)16(20)21/h1-4,7-10H,5-6H2,(H,20,21). The molecule has 0 aliphatic carbocycles. The van der Waals surface area contributed by atoms with Gasteiger partial charge in [0.15, 0.2) is 0 Å². The van der Waals surface area contributed by atoms with E-state index in [0.29, 0.717) is 23.5 Å². The lowest BCUT2D eigenvalue weighted by Crippen LogP contribution is -2.10. The zero-order chi connectivity index (χ0) is 14.8. The number of aromatic nitrogens is 2. The average Bonchev–Trinajstić information content (AvgIpc) is 2.93. The van der Waals surface area contributed by atoms with Crippen molar-refractivity contribution in [1.29, 1.82) is 0 Å². The first kappa shape index (κ1) is 13.6. The maximum Gasteiger partial charge on any atom is 0.353 e. The fourth-order valence-corrected chi connectivity index (χ4v) is 2.68. The zero-order valence-corrected chi connectivity index (χ0v) is 11.9. The molecule has 1 N–H and O–H groups in total. The highest BCUT2D eigenvalue weighted by Crippen LogP contribution is 2.19. The van der Waals surface area contributed by atoms with Crippen LogP contribution in [0.4, 0.5) is 0 Å². The molecule has 0 spiro atoms. The van der Waals surface area contributed by atoms with Crippen molar-refractivity contribution in [2.75, 3.05) is 0 Å². The highest BCUT2D eigenvalue weighted by Gasteiger charge is 2.15. The maximum absolute atomic E-state index is 11.5. The van der Waals surface area contributed by atoms with E-state index < -0.39 is 5.97 Å². The van der Waals surface area contributed by atoms with Gasteiger partial charge in [-0.25, -0.2) is 9.78 Å². The van der Waals surface area contributed by atoms with E-state index in [-0.39, 0.29) is 5.69 Å². The van der Waals surface area contributed by atoms with E-state index in [4.69, 9.17) is 11.6 Å². The largest absolute Gasteiger partial charge is 0.477 e. The Kier molecular flexibility index (Phi) is 3.62. The molecule has 0 amide bonds. The maximum atomic E-state index is 11.5. The van der Waals surface area contributed by atoms with Crippen molar-refractivity contribution >= 4 is 23.2 Å². The predicted molar refractivity (Wildman–Crippen MR) is 81.0 cm³/mol. The Morgan fingerprint density at radius 2 is 1.90 bits per heavy atom. The second kappa shape index (κ2) is 5.58. The van der Waals surface area contributed by atoms with Crippen LogP contribution < -0.4 is 0 Å². The number of nitrogens with zero attached hydrogens (tertiary/aromatic N) is 2. The van der Waals surface area contributed by atoms with E-state index in [1.54, 1.807) is 16.8 Å². The first-order valence-electron chi connectivity index (χ1n) is 6.58. The van der Waals surface area contributed by atoms with Crippen molar-refractivity contribution in [2.24, 2.45) is 0 Å².